The first-order valence-corrected chi connectivity index (χ1v) is 6.45. The maximum atomic E-state index is 5.75. The summed E-state index contributed by atoms with van der Waals surface area (Å²) < 4.78 is 5.75. The van der Waals surface area contributed by atoms with E-state index in [0.717, 1.165) is 30.5 Å². The van der Waals surface area contributed by atoms with Crippen molar-refractivity contribution in [2.24, 2.45) is 5.92 Å². The SMILES string of the molecule is CNCc1ccc(CN(C)C(C)CC(C)C)o1. The monoisotopic (exact) mass is 238 g/mol. The van der Waals surface area contributed by atoms with E-state index < -0.39 is 0 Å². The predicted molar refractivity (Wildman–Crippen MR) is 71.9 cm³/mol. The molecule has 0 bridgehead atoms. The van der Waals surface area contributed by atoms with Gasteiger partial charge in [-0.1, -0.05) is 13.8 Å². The van der Waals surface area contributed by atoms with Crippen molar-refractivity contribution in [1.82, 2.24) is 10.2 Å². The number of hydrogen-bond donors (Lipinski definition) is 1. The molecule has 0 spiro atoms. The third-order valence-corrected chi connectivity index (χ3v) is 3.04. The van der Waals surface area contributed by atoms with Gasteiger partial charge in [-0.3, -0.25) is 4.90 Å². The molecule has 1 N–H and O–H groups in total. The number of nitrogens with zero attached hydrogens (tertiary/aromatic N) is 1. The first kappa shape index (κ1) is 14.3. The molecule has 1 atom stereocenters. The second-order valence-electron chi connectivity index (χ2n) is 5.29. The lowest BCUT2D eigenvalue weighted by atomic mass is 10.0. The van der Waals surface area contributed by atoms with Crippen LogP contribution < -0.4 is 5.32 Å². The van der Waals surface area contributed by atoms with Gasteiger partial charge >= 0.3 is 0 Å². The van der Waals surface area contributed by atoms with Gasteiger partial charge in [0.2, 0.25) is 0 Å². The zero-order valence-electron chi connectivity index (χ0n) is 11.8. The van der Waals surface area contributed by atoms with Crippen molar-refractivity contribution in [2.75, 3.05) is 14.1 Å². The fourth-order valence-electron chi connectivity index (χ4n) is 2.04. The van der Waals surface area contributed by atoms with Crippen LogP contribution in [0.4, 0.5) is 0 Å². The van der Waals surface area contributed by atoms with Crippen LogP contribution in [0.2, 0.25) is 0 Å². The summed E-state index contributed by atoms with van der Waals surface area (Å²) in [5, 5.41) is 3.09. The Morgan fingerprint density at radius 3 is 2.47 bits per heavy atom. The van der Waals surface area contributed by atoms with E-state index in [1.165, 1.54) is 6.42 Å². The Morgan fingerprint density at radius 1 is 1.24 bits per heavy atom. The molecule has 17 heavy (non-hydrogen) atoms. The maximum absolute atomic E-state index is 5.75. The van der Waals surface area contributed by atoms with Gasteiger partial charge in [-0.25, -0.2) is 0 Å². The average molecular weight is 238 g/mol. The lowest BCUT2D eigenvalue weighted by Gasteiger charge is -2.25. The predicted octanol–water partition coefficient (Wildman–Crippen LogP) is 2.87. The lowest BCUT2D eigenvalue weighted by molar-refractivity contribution is 0.203. The number of nitrogens with one attached hydrogen (secondary N) is 1. The third-order valence-electron chi connectivity index (χ3n) is 3.04. The largest absolute Gasteiger partial charge is 0.463 e. The van der Waals surface area contributed by atoms with Crippen LogP contribution >= 0.6 is 0 Å². The topological polar surface area (TPSA) is 28.4 Å². The molecular weight excluding hydrogens is 212 g/mol. The Morgan fingerprint density at radius 2 is 1.88 bits per heavy atom. The van der Waals surface area contributed by atoms with Crippen molar-refractivity contribution in [2.45, 2.75) is 46.3 Å². The van der Waals surface area contributed by atoms with Gasteiger partial charge < -0.3 is 9.73 Å². The van der Waals surface area contributed by atoms with Gasteiger partial charge in [0.25, 0.3) is 0 Å². The molecule has 1 rings (SSSR count). The first-order chi connectivity index (χ1) is 8.02. The Balaban J connectivity index is 2.46. The molecule has 3 nitrogen and oxygen atoms in total. The Hall–Kier alpha value is -0.800. The molecule has 0 radical (unpaired) electrons. The van der Waals surface area contributed by atoms with E-state index in [4.69, 9.17) is 4.42 Å². The molecule has 1 unspecified atom stereocenters. The van der Waals surface area contributed by atoms with Gasteiger partial charge in [-0.05, 0) is 45.5 Å². The van der Waals surface area contributed by atoms with E-state index in [9.17, 15) is 0 Å². The second kappa shape index (κ2) is 6.82. The smallest absolute Gasteiger partial charge is 0.118 e. The van der Waals surface area contributed by atoms with Gasteiger partial charge in [0.15, 0.2) is 0 Å². The zero-order valence-corrected chi connectivity index (χ0v) is 11.8. The highest BCUT2D eigenvalue weighted by Crippen LogP contribution is 2.14. The van der Waals surface area contributed by atoms with E-state index in [-0.39, 0.29) is 0 Å². The number of furan rings is 1. The number of hydrogen-bond acceptors (Lipinski definition) is 3. The van der Waals surface area contributed by atoms with Gasteiger partial charge in [0.1, 0.15) is 11.5 Å². The summed E-state index contributed by atoms with van der Waals surface area (Å²) in [6, 6.07) is 4.71. The second-order valence-corrected chi connectivity index (χ2v) is 5.29. The molecule has 3 heteroatoms. The van der Waals surface area contributed by atoms with Crippen LogP contribution in [-0.4, -0.2) is 25.0 Å². The van der Waals surface area contributed by atoms with E-state index in [1.54, 1.807) is 0 Å². The quantitative estimate of drug-likeness (QED) is 0.792. The average Bonchev–Trinajstić information content (AvgIpc) is 2.65. The Bertz CT molecular complexity index is 320. The molecule has 0 saturated heterocycles. The first-order valence-electron chi connectivity index (χ1n) is 6.45. The summed E-state index contributed by atoms with van der Waals surface area (Å²) in [6.45, 7) is 8.49. The molecule has 0 fully saturated rings. The molecule has 0 aliphatic heterocycles. The van der Waals surface area contributed by atoms with Gasteiger partial charge in [-0.15, -0.1) is 0 Å². The van der Waals surface area contributed by atoms with E-state index in [0.29, 0.717) is 6.04 Å². The summed E-state index contributed by atoms with van der Waals surface area (Å²) in [7, 11) is 4.09. The number of rotatable bonds is 7. The molecule has 0 amide bonds. The van der Waals surface area contributed by atoms with Crippen molar-refractivity contribution in [3.63, 3.8) is 0 Å². The van der Waals surface area contributed by atoms with Crippen molar-refractivity contribution >= 4 is 0 Å². The summed E-state index contributed by atoms with van der Waals surface area (Å²) >= 11 is 0. The van der Waals surface area contributed by atoms with E-state index in [2.05, 4.69) is 44.1 Å². The van der Waals surface area contributed by atoms with Crippen LogP contribution in [0.15, 0.2) is 16.5 Å². The maximum Gasteiger partial charge on any atom is 0.118 e. The van der Waals surface area contributed by atoms with Crippen molar-refractivity contribution < 1.29 is 4.42 Å². The van der Waals surface area contributed by atoms with Crippen LogP contribution in [0.5, 0.6) is 0 Å². The van der Waals surface area contributed by atoms with Gasteiger partial charge in [0, 0.05) is 6.04 Å². The van der Waals surface area contributed by atoms with Crippen molar-refractivity contribution in [3.05, 3.63) is 23.7 Å². The summed E-state index contributed by atoms with van der Waals surface area (Å²) in [5.41, 5.74) is 0. The zero-order chi connectivity index (χ0) is 12.8. The van der Waals surface area contributed by atoms with Crippen molar-refractivity contribution in [3.8, 4) is 0 Å². The minimum atomic E-state index is 0.591. The van der Waals surface area contributed by atoms with E-state index in [1.807, 2.05) is 13.1 Å². The highest BCUT2D eigenvalue weighted by molar-refractivity contribution is 5.07. The fourth-order valence-corrected chi connectivity index (χ4v) is 2.04. The molecular formula is C14H26N2O. The molecule has 1 aromatic rings. The van der Waals surface area contributed by atoms with Crippen LogP contribution in [0.25, 0.3) is 0 Å². The van der Waals surface area contributed by atoms with Gasteiger partial charge in [0.05, 0.1) is 13.1 Å². The molecule has 98 valence electrons. The third kappa shape index (κ3) is 4.92. The summed E-state index contributed by atoms with van der Waals surface area (Å²) in [6.07, 6.45) is 1.22. The molecule has 0 aromatic carbocycles. The highest BCUT2D eigenvalue weighted by atomic mass is 16.3. The normalized spacial score (nSPS) is 13.6. The Labute approximate surface area is 105 Å². The summed E-state index contributed by atoms with van der Waals surface area (Å²) in [4.78, 5) is 2.35. The van der Waals surface area contributed by atoms with Crippen LogP contribution in [-0.2, 0) is 13.1 Å². The summed E-state index contributed by atoms with van der Waals surface area (Å²) in [5.74, 6) is 2.80. The molecule has 0 saturated carbocycles. The minimum absolute atomic E-state index is 0.591. The van der Waals surface area contributed by atoms with Crippen LogP contribution in [0, 0.1) is 5.92 Å². The fraction of sp³-hybridized carbons (Fsp3) is 0.714. The Kier molecular flexibility index (Phi) is 5.72. The molecule has 1 aromatic heterocycles. The molecule has 1 heterocycles. The van der Waals surface area contributed by atoms with E-state index >= 15 is 0 Å². The molecule has 0 aliphatic rings. The van der Waals surface area contributed by atoms with Crippen LogP contribution in [0.3, 0.4) is 0 Å². The van der Waals surface area contributed by atoms with Crippen LogP contribution in [0.1, 0.15) is 38.7 Å². The highest BCUT2D eigenvalue weighted by Gasteiger charge is 2.13. The standard InChI is InChI=1S/C14H26N2O/c1-11(2)8-12(3)16(5)10-14-7-6-13(17-14)9-15-4/h6-7,11-12,15H,8-10H2,1-5H3. The lowest BCUT2D eigenvalue weighted by Crippen LogP contribution is -2.29. The van der Waals surface area contributed by atoms with Crippen molar-refractivity contribution in [1.29, 1.82) is 0 Å². The minimum Gasteiger partial charge on any atom is -0.463 e. The van der Waals surface area contributed by atoms with Gasteiger partial charge in [-0.2, -0.15) is 0 Å². The molecule has 0 aliphatic carbocycles.